The van der Waals surface area contributed by atoms with Gasteiger partial charge in [-0.05, 0) is 26.2 Å². The molecular weight excluding hydrogens is 250 g/mol. The first kappa shape index (κ1) is 13.4. The Morgan fingerprint density at radius 1 is 1.56 bits per heavy atom. The standard InChI is InChI=1S/C12H19N3O2S/c1-3-4-8(2)15-11(9-5-6-9)13-14-12(15)18-7-10(16)17/h8-9H,3-7H2,1-2H3,(H,16,17). The first-order valence-electron chi connectivity index (χ1n) is 6.42. The van der Waals surface area contributed by atoms with Gasteiger partial charge in [-0.3, -0.25) is 4.79 Å². The zero-order valence-electron chi connectivity index (χ0n) is 10.8. The van der Waals surface area contributed by atoms with E-state index < -0.39 is 5.97 Å². The fourth-order valence-electron chi connectivity index (χ4n) is 2.09. The quantitative estimate of drug-likeness (QED) is 0.771. The lowest BCUT2D eigenvalue weighted by atomic mass is 10.2. The molecule has 2 rings (SSSR count). The van der Waals surface area contributed by atoms with E-state index in [0.29, 0.717) is 12.0 Å². The molecule has 0 spiro atoms. The van der Waals surface area contributed by atoms with Gasteiger partial charge in [0.2, 0.25) is 0 Å². The highest BCUT2D eigenvalue weighted by atomic mass is 32.2. The summed E-state index contributed by atoms with van der Waals surface area (Å²) in [6, 6.07) is 0.344. The van der Waals surface area contributed by atoms with Gasteiger partial charge in [-0.2, -0.15) is 0 Å². The van der Waals surface area contributed by atoms with Crippen LogP contribution in [0.15, 0.2) is 5.16 Å². The summed E-state index contributed by atoms with van der Waals surface area (Å²) in [5.74, 6) is 0.812. The summed E-state index contributed by atoms with van der Waals surface area (Å²) >= 11 is 1.27. The van der Waals surface area contributed by atoms with Crippen molar-refractivity contribution in [2.24, 2.45) is 0 Å². The number of carboxylic acids is 1. The normalized spacial score (nSPS) is 16.8. The van der Waals surface area contributed by atoms with Crippen LogP contribution in [-0.2, 0) is 4.79 Å². The van der Waals surface area contributed by atoms with Gasteiger partial charge in [0, 0.05) is 12.0 Å². The first-order chi connectivity index (χ1) is 8.63. The van der Waals surface area contributed by atoms with E-state index in [9.17, 15) is 4.79 Å². The summed E-state index contributed by atoms with van der Waals surface area (Å²) in [5.41, 5.74) is 0. The van der Waals surface area contributed by atoms with E-state index in [1.165, 1.54) is 24.6 Å². The van der Waals surface area contributed by atoms with E-state index in [2.05, 4.69) is 28.6 Å². The zero-order chi connectivity index (χ0) is 13.1. The number of rotatable bonds is 7. The largest absolute Gasteiger partial charge is 0.481 e. The third-order valence-corrected chi connectivity index (χ3v) is 4.03. The Kier molecular flexibility index (Phi) is 4.27. The van der Waals surface area contributed by atoms with Gasteiger partial charge in [0.15, 0.2) is 5.16 Å². The lowest BCUT2D eigenvalue weighted by Gasteiger charge is -2.16. The predicted molar refractivity (Wildman–Crippen MR) is 70.0 cm³/mol. The number of aliphatic carboxylic acids is 1. The van der Waals surface area contributed by atoms with Crippen LogP contribution in [0.2, 0.25) is 0 Å². The van der Waals surface area contributed by atoms with E-state index in [0.717, 1.165) is 23.8 Å². The second-order valence-electron chi connectivity index (χ2n) is 4.81. The zero-order valence-corrected chi connectivity index (χ0v) is 11.6. The Labute approximate surface area is 111 Å². The SMILES string of the molecule is CCCC(C)n1c(SCC(=O)O)nnc1C1CC1. The lowest BCUT2D eigenvalue weighted by Crippen LogP contribution is -2.11. The average Bonchev–Trinajstić information content (AvgIpc) is 3.07. The molecule has 0 saturated heterocycles. The second-order valence-corrected chi connectivity index (χ2v) is 5.75. The van der Waals surface area contributed by atoms with Crippen molar-refractivity contribution in [2.45, 2.75) is 56.6 Å². The molecule has 0 aromatic carbocycles. The first-order valence-corrected chi connectivity index (χ1v) is 7.41. The van der Waals surface area contributed by atoms with Crippen LogP contribution in [0.1, 0.15) is 57.3 Å². The molecule has 5 nitrogen and oxygen atoms in total. The second kappa shape index (κ2) is 5.73. The molecule has 1 N–H and O–H groups in total. The van der Waals surface area contributed by atoms with Crippen molar-refractivity contribution >= 4 is 17.7 Å². The fourth-order valence-corrected chi connectivity index (χ4v) is 2.86. The van der Waals surface area contributed by atoms with Crippen molar-refractivity contribution in [2.75, 3.05) is 5.75 Å². The Hall–Kier alpha value is -1.04. The van der Waals surface area contributed by atoms with Crippen LogP contribution < -0.4 is 0 Å². The Bertz CT molecular complexity index is 429. The van der Waals surface area contributed by atoms with Crippen molar-refractivity contribution in [1.82, 2.24) is 14.8 Å². The average molecular weight is 269 g/mol. The summed E-state index contributed by atoms with van der Waals surface area (Å²) in [4.78, 5) is 10.7. The van der Waals surface area contributed by atoms with Crippen molar-refractivity contribution < 1.29 is 9.90 Å². The molecule has 1 unspecified atom stereocenters. The van der Waals surface area contributed by atoms with Gasteiger partial charge in [0.25, 0.3) is 0 Å². The number of aromatic nitrogens is 3. The van der Waals surface area contributed by atoms with E-state index in [1.807, 2.05) is 0 Å². The number of carboxylic acid groups (broad SMARTS) is 1. The highest BCUT2D eigenvalue weighted by Crippen LogP contribution is 2.41. The Morgan fingerprint density at radius 3 is 2.83 bits per heavy atom. The molecule has 1 aromatic heterocycles. The van der Waals surface area contributed by atoms with E-state index in [1.54, 1.807) is 0 Å². The van der Waals surface area contributed by atoms with Crippen LogP contribution >= 0.6 is 11.8 Å². The summed E-state index contributed by atoms with van der Waals surface area (Å²) < 4.78 is 2.15. The maximum absolute atomic E-state index is 10.7. The minimum atomic E-state index is -0.814. The molecular formula is C12H19N3O2S. The van der Waals surface area contributed by atoms with Gasteiger partial charge in [-0.25, -0.2) is 0 Å². The molecule has 6 heteroatoms. The molecule has 1 saturated carbocycles. The molecule has 1 atom stereocenters. The molecule has 1 fully saturated rings. The van der Waals surface area contributed by atoms with Gasteiger partial charge < -0.3 is 9.67 Å². The smallest absolute Gasteiger partial charge is 0.313 e. The highest BCUT2D eigenvalue weighted by molar-refractivity contribution is 7.99. The molecule has 0 aliphatic heterocycles. The third-order valence-electron chi connectivity index (χ3n) is 3.11. The molecule has 1 aromatic rings. The third kappa shape index (κ3) is 3.04. The number of thioether (sulfide) groups is 1. The van der Waals surface area contributed by atoms with Crippen LogP contribution in [-0.4, -0.2) is 31.6 Å². The van der Waals surface area contributed by atoms with E-state index in [4.69, 9.17) is 5.11 Å². The number of carbonyl (C=O) groups is 1. The Morgan fingerprint density at radius 2 is 2.28 bits per heavy atom. The molecule has 0 radical (unpaired) electrons. The molecule has 100 valence electrons. The van der Waals surface area contributed by atoms with Crippen LogP contribution in [0, 0.1) is 0 Å². The van der Waals surface area contributed by atoms with E-state index >= 15 is 0 Å². The number of hydrogen-bond donors (Lipinski definition) is 1. The number of nitrogens with zero attached hydrogens (tertiary/aromatic N) is 3. The molecule has 1 aliphatic carbocycles. The predicted octanol–water partition coefficient (Wildman–Crippen LogP) is 2.69. The van der Waals surface area contributed by atoms with Gasteiger partial charge in [-0.15, -0.1) is 10.2 Å². The summed E-state index contributed by atoms with van der Waals surface area (Å²) in [7, 11) is 0. The minimum Gasteiger partial charge on any atom is -0.481 e. The summed E-state index contributed by atoms with van der Waals surface area (Å²) in [5, 5.41) is 17.9. The van der Waals surface area contributed by atoms with Gasteiger partial charge >= 0.3 is 5.97 Å². The van der Waals surface area contributed by atoms with Gasteiger partial charge in [0.05, 0.1) is 5.75 Å². The minimum absolute atomic E-state index is 0.0433. The highest BCUT2D eigenvalue weighted by Gasteiger charge is 2.31. The lowest BCUT2D eigenvalue weighted by molar-refractivity contribution is -0.133. The molecule has 0 amide bonds. The van der Waals surface area contributed by atoms with Crippen molar-refractivity contribution in [3.63, 3.8) is 0 Å². The summed E-state index contributed by atoms with van der Waals surface area (Å²) in [6.45, 7) is 4.31. The van der Waals surface area contributed by atoms with Gasteiger partial charge in [-0.1, -0.05) is 25.1 Å². The van der Waals surface area contributed by atoms with Crippen molar-refractivity contribution in [3.05, 3.63) is 5.82 Å². The van der Waals surface area contributed by atoms with Crippen molar-refractivity contribution in [1.29, 1.82) is 0 Å². The molecule has 1 aliphatic rings. The molecule has 1 heterocycles. The van der Waals surface area contributed by atoms with Crippen molar-refractivity contribution in [3.8, 4) is 0 Å². The monoisotopic (exact) mass is 269 g/mol. The van der Waals surface area contributed by atoms with Crippen LogP contribution in [0.4, 0.5) is 0 Å². The van der Waals surface area contributed by atoms with Crippen LogP contribution in [0.25, 0.3) is 0 Å². The van der Waals surface area contributed by atoms with Crippen LogP contribution in [0.3, 0.4) is 0 Å². The Balaban J connectivity index is 2.19. The topological polar surface area (TPSA) is 68.0 Å². The molecule has 0 bridgehead atoms. The van der Waals surface area contributed by atoms with E-state index in [-0.39, 0.29) is 5.75 Å². The van der Waals surface area contributed by atoms with Crippen LogP contribution in [0.5, 0.6) is 0 Å². The van der Waals surface area contributed by atoms with Gasteiger partial charge in [0.1, 0.15) is 5.82 Å². The summed E-state index contributed by atoms with van der Waals surface area (Å²) in [6.07, 6.45) is 4.53. The maximum Gasteiger partial charge on any atom is 0.313 e. The molecule has 18 heavy (non-hydrogen) atoms. The fraction of sp³-hybridized carbons (Fsp3) is 0.750. The number of hydrogen-bond acceptors (Lipinski definition) is 4. The maximum atomic E-state index is 10.7.